The lowest BCUT2D eigenvalue weighted by molar-refractivity contribution is -0.136. The normalized spacial score (nSPS) is 15.6. The Hall–Kier alpha value is -4.34. The maximum absolute atomic E-state index is 11.8. The maximum atomic E-state index is 11.8. The Bertz CT molecular complexity index is 1210. The lowest BCUT2D eigenvalue weighted by atomic mass is 9.81. The molecule has 0 aliphatic heterocycles. The van der Waals surface area contributed by atoms with E-state index in [4.69, 9.17) is 10.0 Å². The Labute approximate surface area is 215 Å². The number of benzene rings is 2. The molecular weight excluding hydrogens is 475 g/mol. The second kappa shape index (κ2) is 14.9. The van der Waals surface area contributed by atoms with Gasteiger partial charge in [0, 0.05) is 6.42 Å². The van der Waals surface area contributed by atoms with Crippen LogP contribution in [-0.2, 0) is 28.7 Å². The van der Waals surface area contributed by atoms with Crippen molar-refractivity contribution in [2.75, 3.05) is 14.2 Å². The SMILES string of the molecule is COC(=O)C1=CC(c2ccccc2)C(=O)C=C1.COC(=O)C1=CCC(=O)C=C1.OB(O)c1ccccc1. The standard InChI is InChI=1S/C14H12O3.C8H8O3.C6H7BO2/c1-17-14(16)11-7-8-13(15)12(9-11)10-5-3-2-4-6-10;1-11-8(10)6-2-4-7(9)5-3-6;8-7(9)6-4-2-1-3-5-6/h2-9,12H,1H3;2-4H,5H2,1H3;1-5,8-9H. The average molecular weight is 502 g/mol. The van der Waals surface area contributed by atoms with Crippen LogP contribution in [0.4, 0.5) is 0 Å². The molecule has 2 N–H and O–H groups in total. The summed E-state index contributed by atoms with van der Waals surface area (Å²) in [5.41, 5.74) is 2.27. The van der Waals surface area contributed by atoms with E-state index in [0.29, 0.717) is 23.0 Å². The van der Waals surface area contributed by atoms with E-state index in [0.717, 1.165) is 5.56 Å². The number of allylic oxidation sites excluding steroid dienone is 4. The van der Waals surface area contributed by atoms with Gasteiger partial charge in [-0.15, -0.1) is 0 Å². The third kappa shape index (κ3) is 9.32. The molecule has 4 rings (SSSR count). The van der Waals surface area contributed by atoms with E-state index in [1.165, 1.54) is 38.5 Å². The van der Waals surface area contributed by atoms with E-state index in [-0.39, 0.29) is 11.6 Å². The third-order valence-corrected chi connectivity index (χ3v) is 5.15. The van der Waals surface area contributed by atoms with Gasteiger partial charge in [-0.2, -0.15) is 0 Å². The van der Waals surface area contributed by atoms with E-state index in [1.807, 2.05) is 36.4 Å². The molecule has 9 heteroatoms. The number of carbonyl (C=O) groups excluding carboxylic acids is 4. The minimum Gasteiger partial charge on any atom is -0.465 e. The monoisotopic (exact) mass is 502 g/mol. The summed E-state index contributed by atoms with van der Waals surface area (Å²) in [6.45, 7) is 0. The highest BCUT2D eigenvalue weighted by Gasteiger charge is 2.22. The summed E-state index contributed by atoms with van der Waals surface area (Å²) in [4.78, 5) is 44.6. The van der Waals surface area contributed by atoms with Gasteiger partial charge in [-0.1, -0.05) is 72.8 Å². The van der Waals surface area contributed by atoms with Gasteiger partial charge < -0.3 is 19.5 Å². The summed E-state index contributed by atoms with van der Waals surface area (Å²) in [5, 5.41) is 17.2. The molecule has 0 spiro atoms. The topological polar surface area (TPSA) is 127 Å². The van der Waals surface area contributed by atoms with E-state index < -0.39 is 25.0 Å². The number of carbonyl (C=O) groups is 4. The molecule has 2 aromatic rings. The summed E-state index contributed by atoms with van der Waals surface area (Å²) in [6, 6.07) is 18.0. The van der Waals surface area contributed by atoms with Crippen LogP contribution < -0.4 is 5.46 Å². The third-order valence-electron chi connectivity index (χ3n) is 5.15. The fraction of sp³-hybridized carbons (Fsp3) is 0.143. The first-order valence-corrected chi connectivity index (χ1v) is 11.2. The number of esters is 2. The van der Waals surface area contributed by atoms with Crippen molar-refractivity contribution in [2.45, 2.75) is 12.3 Å². The molecule has 0 bridgehead atoms. The maximum Gasteiger partial charge on any atom is 0.488 e. The van der Waals surface area contributed by atoms with Crippen LogP contribution in [-0.4, -0.2) is 54.9 Å². The second-order valence-corrected chi connectivity index (χ2v) is 7.68. The molecule has 0 saturated heterocycles. The highest BCUT2D eigenvalue weighted by atomic mass is 16.5. The molecule has 37 heavy (non-hydrogen) atoms. The molecule has 1 atom stereocenters. The van der Waals surface area contributed by atoms with Gasteiger partial charge in [0.25, 0.3) is 0 Å². The van der Waals surface area contributed by atoms with Crippen LogP contribution in [0.25, 0.3) is 0 Å². The zero-order valence-electron chi connectivity index (χ0n) is 20.4. The smallest absolute Gasteiger partial charge is 0.465 e. The molecule has 1 unspecified atom stereocenters. The summed E-state index contributed by atoms with van der Waals surface area (Å²) >= 11 is 0. The molecule has 0 fully saturated rings. The lowest BCUT2D eigenvalue weighted by Crippen LogP contribution is -2.29. The van der Waals surface area contributed by atoms with Crippen LogP contribution in [0.5, 0.6) is 0 Å². The molecule has 2 aliphatic carbocycles. The van der Waals surface area contributed by atoms with Gasteiger partial charge in [-0.05, 0) is 35.3 Å². The van der Waals surface area contributed by atoms with Gasteiger partial charge >= 0.3 is 19.1 Å². The van der Waals surface area contributed by atoms with E-state index >= 15 is 0 Å². The first kappa shape index (κ1) is 28.9. The largest absolute Gasteiger partial charge is 0.488 e. The van der Waals surface area contributed by atoms with Crippen molar-refractivity contribution >= 4 is 36.1 Å². The van der Waals surface area contributed by atoms with Gasteiger partial charge in [0.2, 0.25) is 0 Å². The Morgan fingerprint density at radius 1 is 0.784 bits per heavy atom. The van der Waals surface area contributed by atoms with E-state index in [1.54, 1.807) is 36.4 Å². The molecule has 8 nitrogen and oxygen atoms in total. The van der Waals surface area contributed by atoms with Crippen LogP contribution in [0.2, 0.25) is 0 Å². The highest BCUT2D eigenvalue weighted by Crippen LogP contribution is 2.24. The molecule has 2 aromatic carbocycles. The fourth-order valence-corrected chi connectivity index (χ4v) is 3.19. The summed E-state index contributed by atoms with van der Waals surface area (Å²) < 4.78 is 9.09. The van der Waals surface area contributed by atoms with Gasteiger partial charge in [-0.25, -0.2) is 9.59 Å². The number of rotatable bonds is 4. The number of ether oxygens (including phenoxy) is 2. The van der Waals surface area contributed by atoms with Crippen molar-refractivity contribution in [3.05, 3.63) is 114 Å². The molecule has 190 valence electrons. The fourth-order valence-electron chi connectivity index (χ4n) is 3.19. The Morgan fingerprint density at radius 3 is 1.81 bits per heavy atom. The van der Waals surface area contributed by atoms with Crippen LogP contribution in [0.3, 0.4) is 0 Å². The van der Waals surface area contributed by atoms with Crippen LogP contribution >= 0.6 is 0 Å². The quantitative estimate of drug-likeness (QED) is 0.480. The Kier molecular flexibility index (Phi) is 11.7. The van der Waals surface area contributed by atoms with Crippen molar-refractivity contribution in [3.63, 3.8) is 0 Å². The minimum atomic E-state index is -1.34. The number of hydrogen-bond donors (Lipinski definition) is 2. The minimum absolute atomic E-state index is 0.0117. The van der Waals surface area contributed by atoms with Gasteiger partial charge in [0.05, 0.1) is 31.3 Å². The molecule has 0 saturated carbocycles. The van der Waals surface area contributed by atoms with Crippen molar-refractivity contribution in [2.24, 2.45) is 0 Å². The molecule has 0 radical (unpaired) electrons. The molecule has 0 heterocycles. The molecule has 0 aromatic heterocycles. The number of ketones is 2. The average Bonchev–Trinajstić information content (AvgIpc) is 2.94. The molecule has 0 amide bonds. The van der Waals surface area contributed by atoms with Crippen molar-refractivity contribution in [1.29, 1.82) is 0 Å². The van der Waals surface area contributed by atoms with Gasteiger partial charge in [0.15, 0.2) is 11.6 Å². The predicted molar refractivity (Wildman–Crippen MR) is 139 cm³/mol. The van der Waals surface area contributed by atoms with E-state index in [9.17, 15) is 19.2 Å². The van der Waals surface area contributed by atoms with Gasteiger partial charge in [-0.3, -0.25) is 9.59 Å². The van der Waals surface area contributed by atoms with Crippen LogP contribution in [0.15, 0.2) is 108 Å². The number of methoxy groups -OCH3 is 2. The first-order valence-electron chi connectivity index (χ1n) is 11.2. The van der Waals surface area contributed by atoms with Crippen LogP contribution in [0.1, 0.15) is 17.9 Å². The summed E-state index contributed by atoms with van der Waals surface area (Å²) in [5.74, 6) is -1.22. The zero-order chi connectivity index (χ0) is 27.2. The predicted octanol–water partition coefficient (Wildman–Crippen LogP) is 1.99. The molecule has 2 aliphatic rings. The molecular formula is C28H27BO8. The highest BCUT2D eigenvalue weighted by molar-refractivity contribution is 6.58. The van der Waals surface area contributed by atoms with Crippen molar-refractivity contribution in [3.8, 4) is 0 Å². The summed E-state index contributed by atoms with van der Waals surface area (Å²) in [6.07, 6.45) is 9.26. The van der Waals surface area contributed by atoms with Crippen LogP contribution in [0, 0.1) is 0 Å². The number of hydrogen-bond acceptors (Lipinski definition) is 8. The van der Waals surface area contributed by atoms with E-state index in [2.05, 4.69) is 9.47 Å². The summed E-state index contributed by atoms with van der Waals surface area (Å²) in [7, 11) is 1.30. The first-order chi connectivity index (χ1) is 17.8. The lowest BCUT2D eigenvalue weighted by Gasteiger charge is -2.14. The van der Waals surface area contributed by atoms with Crippen molar-refractivity contribution < 1.29 is 38.7 Å². The Morgan fingerprint density at radius 2 is 1.32 bits per heavy atom. The Balaban J connectivity index is 0.000000208. The zero-order valence-corrected chi connectivity index (χ0v) is 20.4. The van der Waals surface area contributed by atoms with Gasteiger partial charge in [0.1, 0.15) is 0 Å². The van der Waals surface area contributed by atoms with Crippen molar-refractivity contribution in [1.82, 2.24) is 0 Å². The second-order valence-electron chi connectivity index (χ2n) is 7.68.